The predicted molar refractivity (Wildman–Crippen MR) is 60.4 cm³/mol. The fraction of sp³-hybridized carbons (Fsp3) is 0.167. The fourth-order valence-corrected chi connectivity index (χ4v) is 1.54. The van der Waals surface area contributed by atoms with Crippen LogP contribution in [0.3, 0.4) is 0 Å². The smallest absolute Gasteiger partial charge is 0.127 e. The lowest BCUT2D eigenvalue weighted by Gasteiger charge is -2.10. The van der Waals surface area contributed by atoms with Crippen LogP contribution in [0.5, 0.6) is 0 Å². The Bertz CT molecular complexity index is 440. The molecule has 0 saturated carbocycles. The summed E-state index contributed by atoms with van der Waals surface area (Å²) < 4.78 is 0. The lowest BCUT2D eigenvalue weighted by atomic mass is 9.98. The van der Waals surface area contributed by atoms with Crippen LogP contribution < -0.4 is 5.73 Å². The van der Waals surface area contributed by atoms with Gasteiger partial charge in [0, 0.05) is 12.0 Å². The van der Waals surface area contributed by atoms with Gasteiger partial charge in [0.2, 0.25) is 0 Å². The molecule has 0 spiro atoms. The molecule has 76 valence electrons. The van der Waals surface area contributed by atoms with Gasteiger partial charge in [0.15, 0.2) is 0 Å². The Morgan fingerprint density at radius 1 is 1.13 bits per heavy atom. The third-order valence-corrected chi connectivity index (χ3v) is 2.45. The van der Waals surface area contributed by atoms with Gasteiger partial charge in [-0.2, -0.15) is 0 Å². The van der Waals surface area contributed by atoms with Crippen molar-refractivity contribution < 1.29 is 0 Å². The number of benzene rings is 1. The van der Waals surface area contributed by atoms with Gasteiger partial charge >= 0.3 is 0 Å². The van der Waals surface area contributed by atoms with Gasteiger partial charge < -0.3 is 5.73 Å². The van der Waals surface area contributed by atoms with E-state index in [0.29, 0.717) is 5.82 Å². The van der Waals surface area contributed by atoms with E-state index in [1.807, 2.05) is 24.3 Å². The van der Waals surface area contributed by atoms with Crippen LogP contribution in [-0.4, -0.2) is 9.97 Å². The van der Waals surface area contributed by atoms with Crippen molar-refractivity contribution in [2.45, 2.75) is 12.8 Å². The predicted octanol–water partition coefficient (Wildman–Crippen LogP) is 2.21. The van der Waals surface area contributed by atoms with E-state index >= 15 is 0 Å². The molecular weight excluding hydrogens is 186 g/mol. The molecule has 0 saturated heterocycles. The Kier molecular flexibility index (Phi) is 2.63. The summed E-state index contributed by atoms with van der Waals surface area (Å²) in [7, 11) is 0. The van der Waals surface area contributed by atoms with Gasteiger partial charge in [-0.25, -0.2) is 9.97 Å². The third-order valence-electron chi connectivity index (χ3n) is 2.45. The van der Waals surface area contributed by atoms with E-state index in [1.54, 1.807) is 0 Å². The Morgan fingerprint density at radius 2 is 1.87 bits per heavy atom. The molecule has 0 amide bonds. The van der Waals surface area contributed by atoms with Crippen LogP contribution in [0.1, 0.15) is 24.1 Å². The van der Waals surface area contributed by atoms with Gasteiger partial charge in [-0.15, -0.1) is 0 Å². The molecule has 0 bridgehead atoms. The van der Waals surface area contributed by atoms with Crippen LogP contribution in [0.2, 0.25) is 0 Å². The topological polar surface area (TPSA) is 51.8 Å². The summed E-state index contributed by atoms with van der Waals surface area (Å²) in [6, 6.07) is 12.0. The summed E-state index contributed by atoms with van der Waals surface area (Å²) in [5.74, 6) is 0.763. The Balaban J connectivity index is 2.32. The molecule has 2 rings (SSSR count). The Labute approximate surface area is 89.0 Å². The zero-order valence-corrected chi connectivity index (χ0v) is 8.59. The molecule has 0 aliphatic carbocycles. The molecule has 0 aliphatic rings. The largest absolute Gasteiger partial charge is 0.384 e. The Hall–Kier alpha value is -1.90. The average molecular weight is 199 g/mol. The van der Waals surface area contributed by atoms with Crippen LogP contribution in [0.15, 0.2) is 42.7 Å². The molecule has 2 aromatic rings. The highest BCUT2D eigenvalue weighted by Gasteiger charge is 2.09. The molecule has 1 atom stereocenters. The molecule has 1 heterocycles. The maximum Gasteiger partial charge on any atom is 0.127 e. The maximum atomic E-state index is 5.62. The molecule has 0 aliphatic heterocycles. The first-order valence-electron chi connectivity index (χ1n) is 4.90. The van der Waals surface area contributed by atoms with Crippen LogP contribution >= 0.6 is 0 Å². The molecule has 1 aromatic carbocycles. The van der Waals surface area contributed by atoms with Crippen LogP contribution in [-0.2, 0) is 0 Å². The van der Waals surface area contributed by atoms with E-state index in [1.165, 1.54) is 11.9 Å². The van der Waals surface area contributed by atoms with Gasteiger partial charge in [0.1, 0.15) is 12.1 Å². The van der Waals surface area contributed by atoms with Crippen molar-refractivity contribution in [1.82, 2.24) is 9.97 Å². The number of aromatic nitrogens is 2. The van der Waals surface area contributed by atoms with E-state index in [4.69, 9.17) is 5.73 Å². The van der Waals surface area contributed by atoms with E-state index < -0.39 is 0 Å². The molecule has 1 aromatic heterocycles. The van der Waals surface area contributed by atoms with Crippen molar-refractivity contribution >= 4 is 5.82 Å². The van der Waals surface area contributed by atoms with Crippen LogP contribution in [0.25, 0.3) is 0 Å². The summed E-state index contributed by atoms with van der Waals surface area (Å²) >= 11 is 0. The maximum absolute atomic E-state index is 5.62. The minimum Gasteiger partial charge on any atom is -0.384 e. The second kappa shape index (κ2) is 4.09. The number of rotatable bonds is 2. The zero-order valence-electron chi connectivity index (χ0n) is 8.59. The van der Waals surface area contributed by atoms with Crippen molar-refractivity contribution in [3.63, 3.8) is 0 Å². The van der Waals surface area contributed by atoms with Gasteiger partial charge in [-0.3, -0.25) is 0 Å². The molecule has 3 heteroatoms. The minimum absolute atomic E-state index is 0.247. The van der Waals surface area contributed by atoms with Crippen LogP contribution in [0, 0.1) is 0 Å². The first-order chi connectivity index (χ1) is 7.27. The number of hydrogen-bond donors (Lipinski definition) is 1. The molecule has 2 N–H and O–H groups in total. The molecule has 3 nitrogen and oxygen atoms in total. The third kappa shape index (κ3) is 2.13. The highest BCUT2D eigenvalue weighted by atomic mass is 14.9. The molecule has 0 fully saturated rings. The molecule has 1 unspecified atom stereocenters. The summed E-state index contributed by atoms with van der Waals surface area (Å²) in [5.41, 5.74) is 7.81. The second-order valence-electron chi connectivity index (χ2n) is 3.50. The fourth-order valence-electron chi connectivity index (χ4n) is 1.54. The molecule has 0 radical (unpaired) electrons. The number of nitrogen functional groups attached to an aromatic ring is 1. The first kappa shape index (κ1) is 9.65. The second-order valence-corrected chi connectivity index (χ2v) is 3.50. The normalized spacial score (nSPS) is 12.3. The van der Waals surface area contributed by atoms with Crippen LogP contribution in [0.4, 0.5) is 5.82 Å². The van der Waals surface area contributed by atoms with Gasteiger partial charge in [0.05, 0.1) is 5.69 Å². The number of hydrogen-bond acceptors (Lipinski definition) is 3. The number of nitrogens with zero attached hydrogens (tertiary/aromatic N) is 2. The van der Waals surface area contributed by atoms with E-state index in [9.17, 15) is 0 Å². The summed E-state index contributed by atoms with van der Waals surface area (Å²) in [4.78, 5) is 8.11. The summed E-state index contributed by atoms with van der Waals surface area (Å²) in [6.07, 6.45) is 1.50. The van der Waals surface area contributed by atoms with E-state index in [0.717, 1.165) is 5.69 Å². The monoisotopic (exact) mass is 199 g/mol. The minimum atomic E-state index is 0.247. The zero-order chi connectivity index (χ0) is 10.7. The van der Waals surface area contributed by atoms with Crippen molar-refractivity contribution in [3.8, 4) is 0 Å². The summed E-state index contributed by atoms with van der Waals surface area (Å²) in [6.45, 7) is 2.11. The van der Waals surface area contributed by atoms with Crippen molar-refractivity contribution in [3.05, 3.63) is 54.0 Å². The van der Waals surface area contributed by atoms with E-state index in [2.05, 4.69) is 29.0 Å². The highest BCUT2D eigenvalue weighted by Crippen LogP contribution is 2.22. The van der Waals surface area contributed by atoms with Crippen molar-refractivity contribution in [2.24, 2.45) is 0 Å². The first-order valence-corrected chi connectivity index (χ1v) is 4.90. The van der Waals surface area contributed by atoms with E-state index in [-0.39, 0.29) is 5.92 Å². The number of anilines is 1. The highest BCUT2D eigenvalue weighted by molar-refractivity contribution is 5.34. The lowest BCUT2D eigenvalue weighted by molar-refractivity contribution is 0.861. The van der Waals surface area contributed by atoms with Crippen molar-refractivity contribution in [2.75, 3.05) is 5.73 Å². The van der Waals surface area contributed by atoms with Gasteiger partial charge in [-0.1, -0.05) is 37.3 Å². The lowest BCUT2D eigenvalue weighted by Crippen LogP contribution is -2.01. The standard InChI is InChI=1S/C12H13N3/c1-9(10-5-3-2-4-6-10)11-7-12(13)15-8-14-11/h2-9H,1H3,(H2,13,14,15). The molecular formula is C12H13N3. The van der Waals surface area contributed by atoms with Crippen molar-refractivity contribution in [1.29, 1.82) is 0 Å². The summed E-state index contributed by atoms with van der Waals surface area (Å²) in [5, 5.41) is 0. The van der Waals surface area contributed by atoms with Gasteiger partial charge in [-0.05, 0) is 5.56 Å². The van der Waals surface area contributed by atoms with Gasteiger partial charge in [0.25, 0.3) is 0 Å². The number of nitrogens with two attached hydrogens (primary N) is 1. The molecule has 15 heavy (non-hydrogen) atoms. The quantitative estimate of drug-likeness (QED) is 0.806. The SMILES string of the molecule is CC(c1ccccc1)c1cc(N)ncn1. The Morgan fingerprint density at radius 3 is 2.53 bits per heavy atom. The average Bonchev–Trinajstić information content (AvgIpc) is 2.29.